The zero-order valence-electron chi connectivity index (χ0n) is 15.1. The summed E-state index contributed by atoms with van der Waals surface area (Å²) in [5.74, 6) is 0.623. The molecule has 0 unspecified atom stereocenters. The first-order valence-electron chi connectivity index (χ1n) is 8.99. The van der Waals surface area contributed by atoms with Crippen LogP contribution in [0.25, 0.3) is 10.9 Å². The van der Waals surface area contributed by atoms with Crippen molar-refractivity contribution >= 4 is 39.2 Å². The van der Waals surface area contributed by atoms with Crippen LogP contribution in [0.2, 0.25) is 0 Å². The topological polar surface area (TPSA) is 20.2 Å². The molecule has 0 radical (unpaired) electrons. The lowest BCUT2D eigenvalue weighted by molar-refractivity contribution is -0.140. The van der Waals surface area contributed by atoms with Crippen LogP contribution in [0.15, 0.2) is 24.3 Å². The third-order valence-corrected chi connectivity index (χ3v) is 6.25. The molecule has 1 aliphatic carbocycles. The molecular weight excluding hydrogens is 454 g/mol. The molecule has 1 fully saturated rings. The highest BCUT2D eigenvalue weighted by Crippen LogP contribution is 2.32. The van der Waals surface area contributed by atoms with E-state index in [1.807, 2.05) is 40.8 Å². The Hall–Kier alpha value is -0.960. The molecule has 1 aromatic heterocycles. The number of rotatable bonds is 5. The van der Waals surface area contributed by atoms with Crippen LogP contribution in [0.5, 0.6) is 0 Å². The lowest BCUT2D eigenvalue weighted by Gasteiger charge is -2.32. The summed E-state index contributed by atoms with van der Waals surface area (Å²) in [5, 5.41) is 4.36. The minimum Gasteiger partial charge on any atom is -0.384 e. The highest BCUT2D eigenvalue weighted by Gasteiger charge is 2.29. The summed E-state index contributed by atoms with van der Waals surface area (Å²) in [5.41, 5.74) is 1.56. The van der Waals surface area contributed by atoms with Gasteiger partial charge in [0.15, 0.2) is 0 Å². The molecule has 0 bridgehead atoms. The number of nitrogens with one attached hydrogen (secondary N) is 1. The van der Waals surface area contributed by atoms with Gasteiger partial charge in [0.2, 0.25) is 0 Å². The van der Waals surface area contributed by atoms with E-state index >= 15 is 0 Å². The highest BCUT2D eigenvalue weighted by atomic mass is 127. The molecule has 1 aromatic carbocycles. The fraction of sp³-hybridized carbons (Fsp3) is 0.579. The number of fused-ring (bicyclic) bond motifs is 1. The highest BCUT2D eigenvalue weighted by molar-refractivity contribution is 14.1. The van der Waals surface area contributed by atoms with E-state index in [2.05, 4.69) is 24.3 Å². The summed E-state index contributed by atoms with van der Waals surface area (Å²) in [7, 11) is 4.27. The van der Waals surface area contributed by atoms with Gasteiger partial charge < -0.3 is 14.8 Å². The van der Waals surface area contributed by atoms with E-state index in [1.165, 1.54) is 30.3 Å². The fourth-order valence-electron chi connectivity index (χ4n) is 3.87. The SMILES string of the molecule is CN(C)C1CCC(CNc2cccc3c2cc(I)n3CC(F)(F)F)CC1. The smallest absolute Gasteiger partial charge is 0.384 e. The zero-order valence-corrected chi connectivity index (χ0v) is 17.3. The Balaban J connectivity index is 1.70. The molecule has 0 aliphatic heterocycles. The molecule has 0 atom stereocenters. The molecule has 3 rings (SSSR count). The molecule has 3 nitrogen and oxygen atoms in total. The Morgan fingerprint density at radius 3 is 2.50 bits per heavy atom. The maximum Gasteiger partial charge on any atom is 0.406 e. The second-order valence-corrected chi connectivity index (χ2v) is 8.53. The third kappa shape index (κ3) is 4.65. The van der Waals surface area contributed by atoms with Crippen LogP contribution in [-0.2, 0) is 6.54 Å². The average Bonchev–Trinajstić information content (AvgIpc) is 2.88. The van der Waals surface area contributed by atoms with Gasteiger partial charge in [-0.1, -0.05) is 6.07 Å². The van der Waals surface area contributed by atoms with Gasteiger partial charge in [-0.05, 0) is 86.5 Å². The van der Waals surface area contributed by atoms with Crippen LogP contribution < -0.4 is 5.32 Å². The van der Waals surface area contributed by atoms with E-state index in [-0.39, 0.29) is 0 Å². The number of hydrogen-bond donors (Lipinski definition) is 1. The normalized spacial score (nSPS) is 21.5. The van der Waals surface area contributed by atoms with E-state index in [4.69, 9.17) is 0 Å². The Morgan fingerprint density at radius 2 is 1.88 bits per heavy atom. The first-order valence-corrected chi connectivity index (χ1v) is 10.1. The first kappa shape index (κ1) is 19.8. The molecule has 0 spiro atoms. The minimum absolute atomic E-state index is 0.607. The summed E-state index contributed by atoms with van der Waals surface area (Å²) < 4.78 is 40.5. The number of benzene rings is 1. The second-order valence-electron chi connectivity index (χ2n) is 7.43. The summed E-state index contributed by atoms with van der Waals surface area (Å²) in [6, 6.07) is 8.06. The van der Waals surface area contributed by atoms with Crippen molar-refractivity contribution in [2.75, 3.05) is 26.0 Å². The largest absolute Gasteiger partial charge is 0.406 e. The Kier molecular flexibility index (Phi) is 6.06. The van der Waals surface area contributed by atoms with Crippen molar-refractivity contribution in [3.63, 3.8) is 0 Å². The monoisotopic (exact) mass is 479 g/mol. The third-order valence-electron chi connectivity index (χ3n) is 5.36. The molecule has 1 heterocycles. The number of anilines is 1. The van der Waals surface area contributed by atoms with Gasteiger partial charge in [-0.15, -0.1) is 0 Å². The maximum absolute atomic E-state index is 12.9. The molecule has 1 N–H and O–H groups in total. The van der Waals surface area contributed by atoms with Crippen molar-refractivity contribution in [2.45, 2.75) is 44.4 Å². The van der Waals surface area contributed by atoms with Crippen LogP contribution in [0.3, 0.4) is 0 Å². The predicted molar refractivity (Wildman–Crippen MR) is 109 cm³/mol. The molecular formula is C19H25F3IN3. The summed E-state index contributed by atoms with van der Waals surface area (Å²) in [4.78, 5) is 2.30. The lowest BCUT2D eigenvalue weighted by Crippen LogP contribution is -2.33. The van der Waals surface area contributed by atoms with Crippen LogP contribution in [-0.4, -0.2) is 42.3 Å². The summed E-state index contributed by atoms with van der Waals surface area (Å²) >= 11 is 1.98. The van der Waals surface area contributed by atoms with Gasteiger partial charge in [0.1, 0.15) is 6.54 Å². The molecule has 7 heteroatoms. The van der Waals surface area contributed by atoms with E-state index in [0.29, 0.717) is 21.2 Å². The van der Waals surface area contributed by atoms with Crippen LogP contribution in [0.4, 0.5) is 18.9 Å². The second kappa shape index (κ2) is 7.96. The van der Waals surface area contributed by atoms with Gasteiger partial charge in [-0.3, -0.25) is 0 Å². The standard InChI is InChI=1S/C19H25F3IN3/c1-25(2)14-8-6-13(7-9-14)11-24-16-4-3-5-17-15(16)10-18(23)26(17)12-19(20,21)22/h3-5,10,13-14,24H,6-9,11-12H2,1-2H3. The van der Waals surface area contributed by atoms with Crippen molar-refractivity contribution in [2.24, 2.45) is 5.92 Å². The Bertz CT molecular complexity index is 746. The Morgan fingerprint density at radius 1 is 1.19 bits per heavy atom. The first-order chi connectivity index (χ1) is 12.2. The van der Waals surface area contributed by atoms with Crippen LogP contribution in [0.1, 0.15) is 25.7 Å². The van der Waals surface area contributed by atoms with E-state index in [9.17, 15) is 13.2 Å². The van der Waals surface area contributed by atoms with E-state index in [0.717, 1.165) is 17.6 Å². The number of aromatic nitrogens is 1. The number of hydrogen-bond acceptors (Lipinski definition) is 2. The molecule has 144 valence electrons. The maximum atomic E-state index is 12.9. The van der Waals surface area contributed by atoms with Crippen molar-refractivity contribution < 1.29 is 13.2 Å². The van der Waals surface area contributed by atoms with Gasteiger partial charge in [-0.25, -0.2) is 0 Å². The summed E-state index contributed by atoms with van der Waals surface area (Å²) in [6.07, 6.45) is 0.587. The predicted octanol–water partition coefficient (Wildman–Crippen LogP) is 5.34. The lowest BCUT2D eigenvalue weighted by atomic mass is 9.85. The Labute approximate surface area is 166 Å². The van der Waals surface area contributed by atoms with Gasteiger partial charge in [-0.2, -0.15) is 13.2 Å². The van der Waals surface area contributed by atoms with E-state index in [1.54, 1.807) is 6.07 Å². The molecule has 0 saturated heterocycles. The van der Waals surface area contributed by atoms with Crippen molar-refractivity contribution in [1.29, 1.82) is 0 Å². The van der Waals surface area contributed by atoms with Crippen molar-refractivity contribution in [3.05, 3.63) is 28.0 Å². The average molecular weight is 479 g/mol. The molecule has 2 aromatic rings. The quantitative estimate of drug-likeness (QED) is 0.585. The van der Waals surface area contributed by atoms with Gasteiger partial charge in [0.25, 0.3) is 0 Å². The minimum atomic E-state index is -4.22. The number of halogens is 4. The molecule has 0 amide bonds. The molecule has 1 saturated carbocycles. The number of alkyl halides is 3. The van der Waals surface area contributed by atoms with Crippen LogP contribution >= 0.6 is 22.6 Å². The van der Waals surface area contributed by atoms with Gasteiger partial charge in [0, 0.05) is 23.7 Å². The molecule has 1 aliphatic rings. The van der Waals surface area contributed by atoms with Crippen LogP contribution in [0, 0.1) is 9.62 Å². The van der Waals surface area contributed by atoms with E-state index < -0.39 is 12.7 Å². The fourth-order valence-corrected chi connectivity index (χ4v) is 4.61. The van der Waals surface area contributed by atoms with Gasteiger partial charge in [0.05, 0.1) is 9.22 Å². The van der Waals surface area contributed by atoms with Crippen molar-refractivity contribution in [3.8, 4) is 0 Å². The summed E-state index contributed by atoms with van der Waals surface area (Å²) in [6.45, 7) is -0.0763. The molecule has 26 heavy (non-hydrogen) atoms. The van der Waals surface area contributed by atoms with Crippen molar-refractivity contribution in [1.82, 2.24) is 9.47 Å². The zero-order chi connectivity index (χ0) is 18.9. The van der Waals surface area contributed by atoms with Gasteiger partial charge >= 0.3 is 6.18 Å². The number of nitrogens with zero attached hydrogens (tertiary/aromatic N) is 2.